The summed E-state index contributed by atoms with van der Waals surface area (Å²) in [6, 6.07) is 0.214. The van der Waals surface area contributed by atoms with Crippen LogP contribution in [0.4, 0.5) is 0 Å². The monoisotopic (exact) mass is 308 g/mol. The largest absolute Gasteiger partial charge is 0.348 e. The van der Waals surface area contributed by atoms with Crippen LogP contribution in [0.3, 0.4) is 0 Å². The molecule has 6 heteroatoms. The van der Waals surface area contributed by atoms with Gasteiger partial charge in [-0.2, -0.15) is 0 Å². The van der Waals surface area contributed by atoms with Gasteiger partial charge in [0, 0.05) is 6.04 Å². The second kappa shape index (κ2) is 6.75. The predicted molar refractivity (Wildman–Crippen MR) is 79.0 cm³/mol. The maximum absolute atomic E-state index is 12.1. The van der Waals surface area contributed by atoms with Crippen molar-refractivity contribution in [3.05, 3.63) is 20.8 Å². The van der Waals surface area contributed by atoms with Gasteiger partial charge >= 0.3 is 0 Å². The third-order valence-corrected chi connectivity index (χ3v) is 5.08. The number of hydrogen-bond donors (Lipinski definition) is 2. The lowest BCUT2D eigenvalue weighted by atomic mass is 10.0. The molecular formula is C12H18Cl2N2OS. The van der Waals surface area contributed by atoms with Crippen LogP contribution in [0.15, 0.2) is 5.38 Å². The molecule has 3 N–H and O–H groups in total. The number of nitrogens with two attached hydrogens (primary N) is 1. The summed E-state index contributed by atoms with van der Waals surface area (Å²) in [6.07, 6.45) is 3.28. The SMILES string of the molecule is Cc1csc(C(=O)NC2CCCC2CN)c1Cl.Cl. The molecule has 1 aromatic rings. The second-order valence-corrected chi connectivity index (χ2v) is 5.83. The summed E-state index contributed by atoms with van der Waals surface area (Å²) >= 11 is 7.49. The smallest absolute Gasteiger partial charge is 0.263 e. The minimum Gasteiger partial charge on any atom is -0.348 e. The van der Waals surface area contributed by atoms with Gasteiger partial charge in [-0.25, -0.2) is 0 Å². The van der Waals surface area contributed by atoms with Crippen LogP contribution in [0.2, 0.25) is 5.02 Å². The molecule has 1 aliphatic carbocycles. The van der Waals surface area contributed by atoms with Crippen LogP contribution in [0.5, 0.6) is 0 Å². The van der Waals surface area contributed by atoms with Gasteiger partial charge in [0.05, 0.1) is 5.02 Å². The Kier molecular flexibility index (Phi) is 5.92. The fourth-order valence-corrected chi connectivity index (χ4v) is 3.51. The van der Waals surface area contributed by atoms with Gasteiger partial charge < -0.3 is 11.1 Å². The first kappa shape index (κ1) is 15.8. The molecule has 1 saturated carbocycles. The fourth-order valence-electron chi connectivity index (χ4n) is 2.33. The Balaban J connectivity index is 0.00000162. The summed E-state index contributed by atoms with van der Waals surface area (Å²) in [7, 11) is 0. The van der Waals surface area contributed by atoms with Crippen LogP contribution in [-0.4, -0.2) is 18.5 Å². The normalized spacial score (nSPS) is 22.6. The van der Waals surface area contributed by atoms with E-state index in [1.807, 2.05) is 12.3 Å². The van der Waals surface area contributed by atoms with E-state index in [4.69, 9.17) is 17.3 Å². The summed E-state index contributed by atoms with van der Waals surface area (Å²) in [5.41, 5.74) is 6.66. The number of carbonyl (C=O) groups is 1. The summed E-state index contributed by atoms with van der Waals surface area (Å²) in [5, 5.41) is 5.54. The number of halogens is 2. The molecule has 0 saturated heterocycles. The van der Waals surface area contributed by atoms with Crippen LogP contribution in [0.25, 0.3) is 0 Å². The van der Waals surface area contributed by atoms with Crippen LogP contribution in [0.1, 0.15) is 34.5 Å². The highest BCUT2D eigenvalue weighted by Gasteiger charge is 2.28. The summed E-state index contributed by atoms with van der Waals surface area (Å²) in [6.45, 7) is 2.55. The van der Waals surface area contributed by atoms with E-state index >= 15 is 0 Å². The fraction of sp³-hybridized carbons (Fsp3) is 0.583. The first-order chi connectivity index (χ1) is 8.13. The number of thiophene rings is 1. The van der Waals surface area contributed by atoms with E-state index in [0.717, 1.165) is 24.8 Å². The van der Waals surface area contributed by atoms with E-state index in [2.05, 4.69) is 5.32 Å². The molecule has 2 rings (SSSR count). The first-order valence-corrected chi connectivity index (χ1v) is 7.13. The average molecular weight is 309 g/mol. The van der Waals surface area contributed by atoms with E-state index in [-0.39, 0.29) is 24.4 Å². The molecule has 2 atom stereocenters. The van der Waals surface area contributed by atoms with Crippen molar-refractivity contribution in [2.75, 3.05) is 6.54 Å². The Morgan fingerprint density at radius 1 is 1.61 bits per heavy atom. The lowest BCUT2D eigenvalue weighted by Gasteiger charge is -2.19. The third kappa shape index (κ3) is 3.18. The maximum Gasteiger partial charge on any atom is 0.263 e. The molecule has 1 aromatic heterocycles. The van der Waals surface area contributed by atoms with E-state index in [1.54, 1.807) is 0 Å². The number of carbonyl (C=O) groups excluding carboxylic acids is 1. The van der Waals surface area contributed by atoms with Crippen molar-refractivity contribution in [3.63, 3.8) is 0 Å². The second-order valence-electron chi connectivity index (χ2n) is 4.57. The minimum absolute atomic E-state index is 0. The first-order valence-electron chi connectivity index (χ1n) is 5.88. The van der Waals surface area contributed by atoms with E-state index in [0.29, 0.717) is 22.4 Å². The van der Waals surface area contributed by atoms with Crippen molar-refractivity contribution in [1.29, 1.82) is 0 Å². The molecule has 1 heterocycles. The molecule has 0 spiro atoms. The number of aryl methyl sites for hydroxylation is 1. The molecule has 1 fully saturated rings. The van der Waals surface area contributed by atoms with E-state index in [9.17, 15) is 4.79 Å². The minimum atomic E-state index is -0.0570. The van der Waals surface area contributed by atoms with Gasteiger partial charge in [-0.1, -0.05) is 18.0 Å². The number of nitrogens with one attached hydrogen (secondary N) is 1. The molecule has 3 nitrogen and oxygen atoms in total. The molecule has 18 heavy (non-hydrogen) atoms. The molecule has 0 radical (unpaired) electrons. The zero-order valence-electron chi connectivity index (χ0n) is 10.2. The summed E-state index contributed by atoms with van der Waals surface area (Å²) in [4.78, 5) is 12.7. The molecular weight excluding hydrogens is 291 g/mol. The van der Waals surface area contributed by atoms with Gasteiger partial charge in [-0.3, -0.25) is 4.79 Å². The van der Waals surface area contributed by atoms with Crippen molar-refractivity contribution in [3.8, 4) is 0 Å². The number of rotatable bonds is 3. The lowest BCUT2D eigenvalue weighted by Crippen LogP contribution is -2.39. The van der Waals surface area contributed by atoms with Gasteiger partial charge in [0.2, 0.25) is 0 Å². The third-order valence-electron chi connectivity index (χ3n) is 3.38. The molecule has 1 amide bonds. The Bertz CT molecular complexity index is 422. The van der Waals surface area contributed by atoms with Gasteiger partial charge in [-0.05, 0) is 43.2 Å². The molecule has 0 aromatic carbocycles. The van der Waals surface area contributed by atoms with Crippen LogP contribution >= 0.6 is 35.3 Å². The van der Waals surface area contributed by atoms with Crippen molar-refractivity contribution in [2.45, 2.75) is 32.2 Å². The van der Waals surface area contributed by atoms with Crippen molar-refractivity contribution < 1.29 is 4.79 Å². The van der Waals surface area contributed by atoms with Gasteiger partial charge in [0.1, 0.15) is 4.88 Å². The molecule has 2 unspecified atom stereocenters. The Labute approximate surface area is 122 Å². The molecule has 102 valence electrons. The topological polar surface area (TPSA) is 55.1 Å². The highest BCUT2D eigenvalue weighted by atomic mass is 35.5. The standard InChI is InChI=1S/C12H17ClN2OS.ClH/c1-7-6-17-11(10(7)13)12(16)15-9-4-2-3-8(9)5-14;/h6,8-9H,2-5,14H2,1H3,(H,15,16);1H. The van der Waals surface area contributed by atoms with Crippen molar-refractivity contribution in [2.24, 2.45) is 11.7 Å². The quantitative estimate of drug-likeness (QED) is 0.902. The predicted octanol–water partition coefficient (Wildman–Crippen LogP) is 2.99. The van der Waals surface area contributed by atoms with E-state index < -0.39 is 0 Å². The van der Waals surface area contributed by atoms with Crippen LogP contribution in [-0.2, 0) is 0 Å². The van der Waals surface area contributed by atoms with Crippen molar-refractivity contribution in [1.82, 2.24) is 5.32 Å². The summed E-state index contributed by atoms with van der Waals surface area (Å²) < 4.78 is 0. The molecule has 1 aliphatic rings. The molecule has 0 bridgehead atoms. The van der Waals surface area contributed by atoms with E-state index in [1.165, 1.54) is 11.3 Å². The zero-order chi connectivity index (χ0) is 12.4. The van der Waals surface area contributed by atoms with Crippen LogP contribution < -0.4 is 11.1 Å². The maximum atomic E-state index is 12.1. The number of hydrogen-bond acceptors (Lipinski definition) is 3. The number of amides is 1. The van der Waals surface area contributed by atoms with Gasteiger partial charge in [0.25, 0.3) is 5.91 Å². The highest BCUT2D eigenvalue weighted by Crippen LogP contribution is 2.29. The molecule has 0 aliphatic heterocycles. The lowest BCUT2D eigenvalue weighted by molar-refractivity contribution is 0.0933. The highest BCUT2D eigenvalue weighted by molar-refractivity contribution is 7.13. The Morgan fingerprint density at radius 3 is 2.89 bits per heavy atom. The van der Waals surface area contributed by atoms with Gasteiger partial charge in [-0.15, -0.1) is 23.7 Å². The summed E-state index contributed by atoms with van der Waals surface area (Å²) in [5.74, 6) is 0.359. The average Bonchev–Trinajstić information content (AvgIpc) is 2.87. The van der Waals surface area contributed by atoms with Crippen LogP contribution in [0, 0.1) is 12.8 Å². The van der Waals surface area contributed by atoms with Gasteiger partial charge in [0.15, 0.2) is 0 Å². The zero-order valence-corrected chi connectivity index (χ0v) is 12.6. The van der Waals surface area contributed by atoms with Crippen molar-refractivity contribution >= 4 is 41.3 Å². The Morgan fingerprint density at radius 2 is 2.33 bits per heavy atom. The Hall–Kier alpha value is -0.290.